The summed E-state index contributed by atoms with van der Waals surface area (Å²) in [6.07, 6.45) is 5.51. The molecule has 1 N–H and O–H groups in total. The summed E-state index contributed by atoms with van der Waals surface area (Å²) >= 11 is 1.67. The van der Waals surface area contributed by atoms with Gasteiger partial charge < -0.3 is 15.1 Å². The fourth-order valence-electron chi connectivity index (χ4n) is 2.90. The van der Waals surface area contributed by atoms with Crippen molar-refractivity contribution in [2.45, 2.75) is 31.8 Å². The van der Waals surface area contributed by atoms with Crippen molar-refractivity contribution in [3.63, 3.8) is 0 Å². The van der Waals surface area contributed by atoms with Gasteiger partial charge in [0.1, 0.15) is 0 Å². The number of carbonyl (C=O) groups excluding carboxylic acids is 1. The number of hydrogen-bond donors (Lipinski definition) is 1. The first-order chi connectivity index (χ1) is 11.6. The Morgan fingerprint density at radius 1 is 1.42 bits per heavy atom. The Balaban J connectivity index is 1.58. The molecule has 3 rings (SSSR count). The van der Waals surface area contributed by atoms with Gasteiger partial charge in [-0.1, -0.05) is 6.07 Å². The Bertz CT molecular complexity index is 648. The molecule has 0 radical (unpaired) electrons. The Morgan fingerprint density at radius 3 is 2.92 bits per heavy atom. The summed E-state index contributed by atoms with van der Waals surface area (Å²) in [5, 5.41) is 5.19. The van der Waals surface area contributed by atoms with Gasteiger partial charge in [0.05, 0.1) is 6.04 Å². The lowest BCUT2D eigenvalue weighted by Crippen LogP contribution is -2.51. The van der Waals surface area contributed by atoms with Crippen molar-refractivity contribution < 1.29 is 4.79 Å². The summed E-state index contributed by atoms with van der Waals surface area (Å²) in [6.45, 7) is 3.73. The molecule has 0 unspecified atom stereocenters. The zero-order valence-corrected chi connectivity index (χ0v) is 14.9. The first kappa shape index (κ1) is 16.7. The molecule has 1 aliphatic heterocycles. The maximum absolute atomic E-state index is 12.6. The largest absolute Gasteiger partial charge is 0.339 e. The number of thiophene rings is 1. The summed E-state index contributed by atoms with van der Waals surface area (Å²) < 4.78 is 0. The lowest BCUT2D eigenvalue weighted by Gasteiger charge is -2.34. The van der Waals surface area contributed by atoms with Crippen molar-refractivity contribution in [2.75, 3.05) is 25.0 Å². The molecule has 0 bridgehead atoms. The highest BCUT2D eigenvalue weighted by Gasteiger charge is 2.25. The van der Waals surface area contributed by atoms with Crippen LogP contribution < -0.4 is 10.2 Å². The molecular weight excluding hydrogens is 322 g/mol. The Morgan fingerprint density at radius 2 is 2.21 bits per heavy atom. The van der Waals surface area contributed by atoms with Gasteiger partial charge in [0.2, 0.25) is 5.95 Å². The van der Waals surface area contributed by atoms with E-state index in [0.29, 0.717) is 0 Å². The average molecular weight is 345 g/mol. The molecule has 2 amide bonds. The highest BCUT2D eigenvalue weighted by atomic mass is 32.1. The molecule has 1 fully saturated rings. The van der Waals surface area contributed by atoms with Crippen LogP contribution in [-0.2, 0) is 0 Å². The van der Waals surface area contributed by atoms with E-state index in [4.69, 9.17) is 0 Å². The van der Waals surface area contributed by atoms with E-state index in [1.165, 1.54) is 4.88 Å². The van der Waals surface area contributed by atoms with Crippen molar-refractivity contribution in [1.29, 1.82) is 0 Å². The van der Waals surface area contributed by atoms with Crippen LogP contribution in [0.15, 0.2) is 36.0 Å². The van der Waals surface area contributed by atoms with Crippen molar-refractivity contribution in [3.8, 4) is 0 Å². The standard InChI is InChI=1S/C17H23N5OS/c1-13(15-7-4-11-24-15)21(2)17(23)20-14-6-3-10-22(12-14)16-18-8-5-9-19-16/h4-5,7-9,11,13-14H,3,6,10,12H2,1-2H3,(H,20,23)/t13-,14+/m0/s1. The molecule has 6 nitrogen and oxygen atoms in total. The second-order valence-corrected chi connectivity index (χ2v) is 7.07. The minimum atomic E-state index is -0.0308. The van der Waals surface area contributed by atoms with Gasteiger partial charge in [-0.05, 0) is 37.3 Å². The molecule has 1 saturated heterocycles. The molecule has 128 valence electrons. The molecule has 7 heteroatoms. The van der Waals surface area contributed by atoms with E-state index < -0.39 is 0 Å². The SMILES string of the molecule is C[C@@H](c1cccs1)N(C)C(=O)N[C@@H]1CCCN(c2ncccn2)C1. The van der Waals surface area contributed by atoms with Crippen molar-refractivity contribution in [3.05, 3.63) is 40.8 Å². The fraction of sp³-hybridized carbons (Fsp3) is 0.471. The van der Waals surface area contributed by atoms with Crippen LogP contribution in [0.25, 0.3) is 0 Å². The molecule has 3 heterocycles. The Kier molecular flexibility index (Phi) is 5.30. The summed E-state index contributed by atoms with van der Waals surface area (Å²) in [4.78, 5) is 26.3. The molecule has 2 aromatic heterocycles. The van der Waals surface area contributed by atoms with E-state index in [0.717, 1.165) is 31.9 Å². The van der Waals surface area contributed by atoms with Crippen molar-refractivity contribution >= 4 is 23.3 Å². The maximum atomic E-state index is 12.6. The van der Waals surface area contributed by atoms with Crippen LogP contribution in [0.5, 0.6) is 0 Å². The number of urea groups is 1. The number of nitrogens with one attached hydrogen (secondary N) is 1. The van der Waals surface area contributed by atoms with Crippen molar-refractivity contribution in [2.24, 2.45) is 0 Å². The summed E-state index contributed by atoms with van der Waals surface area (Å²) in [6, 6.07) is 6.05. The predicted molar refractivity (Wildman–Crippen MR) is 96.3 cm³/mol. The molecule has 2 aromatic rings. The van der Waals surface area contributed by atoms with Gasteiger partial charge in [0.25, 0.3) is 0 Å². The molecule has 0 spiro atoms. The van der Waals surface area contributed by atoms with Crippen LogP contribution in [0.1, 0.15) is 30.7 Å². The lowest BCUT2D eigenvalue weighted by atomic mass is 10.1. The topological polar surface area (TPSA) is 61.4 Å². The monoisotopic (exact) mass is 345 g/mol. The first-order valence-electron chi connectivity index (χ1n) is 8.24. The lowest BCUT2D eigenvalue weighted by molar-refractivity contribution is 0.189. The van der Waals surface area contributed by atoms with Gasteiger partial charge in [-0.25, -0.2) is 14.8 Å². The summed E-state index contributed by atoms with van der Waals surface area (Å²) in [5.74, 6) is 0.733. The van der Waals surface area contributed by atoms with Gasteiger partial charge in [-0.2, -0.15) is 0 Å². The maximum Gasteiger partial charge on any atom is 0.317 e. The number of rotatable bonds is 4. The van der Waals surface area contributed by atoms with E-state index in [9.17, 15) is 4.79 Å². The molecule has 0 saturated carbocycles. The summed E-state index contributed by atoms with van der Waals surface area (Å²) in [5.41, 5.74) is 0. The number of hydrogen-bond acceptors (Lipinski definition) is 5. The van der Waals surface area contributed by atoms with E-state index in [2.05, 4.69) is 33.2 Å². The second kappa shape index (κ2) is 7.61. The molecule has 2 atom stereocenters. The van der Waals surface area contributed by atoms with Gasteiger partial charge in [0, 0.05) is 43.4 Å². The number of aromatic nitrogens is 2. The number of amides is 2. The molecule has 24 heavy (non-hydrogen) atoms. The van der Waals surface area contributed by atoms with Crippen LogP contribution >= 0.6 is 11.3 Å². The number of nitrogens with zero attached hydrogens (tertiary/aromatic N) is 4. The van der Waals surface area contributed by atoms with Gasteiger partial charge >= 0.3 is 6.03 Å². The molecule has 0 aromatic carbocycles. The summed E-state index contributed by atoms with van der Waals surface area (Å²) in [7, 11) is 1.85. The normalized spacial score (nSPS) is 18.9. The Hall–Kier alpha value is -2.15. The van der Waals surface area contributed by atoms with E-state index >= 15 is 0 Å². The molecular formula is C17H23N5OS. The Labute approximate surface area is 146 Å². The van der Waals surface area contributed by atoms with Crippen LogP contribution in [0.3, 0.4) is 0 Å². The van der Waals surface area contributed by atoms with Crippen LogP contribution in [0.4, 0.5) is 10.7 Å². The second-order valence-electron chi connectivity index (χ2n) is 6.09. The number of piperidine rings is 1. The first-order valence-corrected chi connectivity index (χ1v) is 9.12. The molecule has 1 aliphatic rings. The fourth-order valence-corrected chi connectivity index (χ4v) is 3.73. The zero-order valence-electron chi connectivity index (χ0n) is 14.1. The highest BCUT2D eigenvalue weighted by molar-refractivity contribution is 7.10. The molecule has 0 aliphatic carbocycles. The van der Waals surface area contributed by atoms with Crippen LogP contribution in [0.2, 0.25) is 0 Å². The third-order valence-corrected chi connectivity index (χ3v) is 5.48. The van der Waals surface area contributed by atoms with E-state index in [-0.39, 0.29) is 18.1 Å². The minimum Gasteiger partial charge on any atom is -0.339 e. The van der Waals surface area contributed by atoms with Crippen LogP contribution in [0, 0.1) is 0 Å². The predicted octanol–water partition coefficient (Wildman–Crippen LogP) is 2.91. The highest BCUT2D eigenvalue weighted by Crippen LogP contribution is 2.23. The quantitative estimate of drug-likeness (QED) is 0.925. The van der Waals surface area contributed by atoms with Crippen LogP contribution in [-0.4, -0.2) is 47.1 Å². The third-order valence-electron chi connectivity index (χ3n) is 4.44. The number of carbonyl (C=O) groups is 1. The van der Waals surface area contributed by atoms with E-state index in [1.54, 1.807) is 28.6 Å². The smallest absolute Gasteiger partial charge is 0.317 e. The third kappa shape index (κ3) is 3.84. The zero-order chi connectivity index (χ0) is 16.9. The van der Waals surface area contributed by atoms with Gasteiger partial charge in [-0.3, -0.25) is 0 Å². The van der Waals surface area contributed by atoms with Gasteiger partial charge in [-0.15, -0.1) is 11.3 Å². The van der Waals surface area contributed by atoms with E-state index in [1.807, 2.05) is 24.6 Å². The number of anilines is 1. The van der Waals surface area contributed by atoms with Crippen molar-refractivity contribution in [1.82, 2.24) is 20.2 Å². The minimum absolute atomic E-state index is 0.0308. The van der Waals surface area contributed by atoms with Gasteiger partial charge in [0.15, 0.2) is 0 Å². The average Bonchev–Trinajstić information content (AvgIpc) is 3.16.